The SMILES string of the molecule is CCc1ccc(NC(N)=NCCN(C)CC)cc1. The second kappa shape index (κ2) is 7.71. The van der Waals surface area contributed by atoms with Gasteiger partial charge in [-0.05, 0) is 37.7 Å². The number of rotatable bonds is 6. The largest absolute Gasteiger partial charge is 0.370 e. The summed E-state index contributed by atoms with van der Waals surface area (Å²) in [4.78, 5) is 6.49. The number of nitrogens with two attached hydrogens (primary N) is 1. The molecule has 0 unspecified atom stereocenters. The van der Waals surface area contributed by atoms with Crippen LogP contribution in [-0.2, 0) is 6.42 Å². The molecule has 0 saturated carbocycles. The highest BCUT2D eigenvalue weighted by Crippen LogP contribution is 2.09. The molecule has 3 N–H and O–H groups in total. The van der Waals surface area contributed by atoms with Gasteiger partial charge in [-0.15, -0.1) is 0 Å². The quantitative estimate of drug-likeness (QED) is 0.597. The fourth-order valence-electron chi connectivity index (χ4n) is 1.51. The number of nitrogens with one attached hydrogen (secondary N) is 1. The third-order valence-corrected chi connectivity index (χ3v) is 2.94. The maximum absolute atomic E-state index is 5.82. The van der Waals surface area contributed by atoms with Crippen molar-refractivity contribution in [3.05, 3.63) is 29.8 Å². The molecule has 0 aliphatic heterocycles. The van der Waals surface area contributed by atoms with Gasteiger partial charge in [0.1, 0.15) is 0 Å². The fourth-order valence-corrected chi connectivity index (χ4v) is 1.51. The maximum Gasteiger partial charge on any atom is 0.193 e. The molecule has 0 atom stereocenters. The minimum atomic E-state index is 0.476. The first-order valence-corrected chi connectivity index (χ1v) is 6.50. The third-order valence-electron chi connectivity index (χ3n) is 2.94. The van der Waals surface area contributed by atoms with Gasteiger partial charge in [0.2, 0.25) is 0 Å². The summed E-state index contributed by atoms with van der Waals surface area (Å²) in [5.41, 5.74) is 8.13. The molecule has 0 aliphatic rings. The van der Waals surface area contributed by atoms with Gasteiger partial charge in [-0.2, -0.15) is 0 Å². The summed E-state index contributed by atoms with van der Waals surface area (Å²) >= 11 is 0. The van der Waals surface area contributed by atoms with Crippen molar-refractivity contribution in [1.29, 1.82) is 0 Å². The molecule has 0 aliphatic carbocycles. The Labute approximate surface area is 110 Å². The van der Waals surface area contributed by atoms with E-state index in [0.29, 0.717) is 5.96 Å². The number of guanidine groups is 1. The number of likely N-dealkylation sites (N-methyl/N-ethyl adjacent to an activating group) is 1. The van der Waals surface area contributed by atoms with Crippen molar-refractivity contribution in [3.63, 3.8) is 0 Å². The van der Waals surface area contributed by atoms with Crippen molar-refractivity contribution in [3.8, 4) is 0 Å². The first kappa shape index (κ1) is 14.5. The van der Waals surface area contributed by atoms with E-state index in [-0.39, 0.29) is 0 Å². The first-order valence-electron chi connectivity index (χ1n) is 6.50. The van der Waals surface area contributed by atoms with Gasteiger partial charge in [-0.3, -0.25) is 4.99 Å². The van der Waals surface area contributed by atoms with Crippen molar-refractivity contribution in [2.24, 2.45) is 10.7 Å². The normalized spacial score (nSPS) is 11.9. The van der Waals surface area contributed by atoms with Crippen LogP contribution in [0.25, 0.3) is 0 Å². The Hall–Kier alpha value is -1.55. The Morgan fingerprint density at radius 3 is 2.50 bits per heavy atom. The molecule has 18 heavy (non-hydrogen) atoms. The molecule has 1 rings (SSSR count). The molecule has 0 fully saturated rings. The Balaban J connectivity index is 2.42. The molecular formula is C14H24N4. The van der Waals surface area contributed by atoms with E-state index in [1.54, 1.807) is 0 Å². The van der Waals surface area contributed by atoms with E-state index < -0.39 is 0 Å². The fraction of sp³-hybridized carbons (Fsp3) is 0.500. The van der Waals surface area contributed by atoms with Gasteiger partial charge in [0.15, 0.2) is 5.96 Å². The van der Waals surface area contributed by atoms with Crippen LogP contribution in [-0.4, -0.2) is 37.5 Å². The summed E-state index contributed by atoms with van der Waals surface area (Å²) < 4.78 is 0. The van der Waals surface area contributed by atoms with Crippen LogP contribution in [0.1, 0.15) is 19.4 Å². The zero-order chi connectivity index (χ0) is 13.4. The lowest BCUT2D eigenvalue weighted by Gasteiger charge is -2.12. The Morgan fingerprint density at radius 2 is 1.94 bits per heavy atom. The van der Waals surface area contributed by atoms with E-state index in [1.165, 1.54) is 5.56 Å². The van der Waals surface area contributed by atoms with Gasteiger partial charge >= 0.3 is 0 Å². The van der Waals surface area contributed by atoms with E-state index >= 15 is 0 Å². The van der Waals surface area contributed by atoms with Crippen molar-refractivity contribution in [2.45, 2.75) is 20.3 Å². The van der Waals surface area contributed by atoms with Crippen molar-refractivity contribution < 1.29 is 0 Å². The molecule has 100 valence electrons. The minimum Gasteiger partial charge on any atom is -0.370 e. The smallest absolute Gasteiger partial charge is 0.193 e. The van der Waals surface area contributed by atoms with E-state index in [9.17, 15) is 0 Å². The van der Waals surface area contributed by atoms with Gasteiger partial charge in [0.05, 0.1) is 6.54 Å². The average molecular weight is 248 g/mol. The summed E-state index contributed by atoms with van der Waals surface area (Å²) in [5, 5.41) is 3.09. The second-order valence-corrected chi connectivity index (χ2v) is 4.34. The number of hydrogen-bond acceptors (Lipinski definition) is 2. The van der Waals surface area contributed by atoms with Gasteiger partial charge in [-0.1, -0.05) is 26.0 Å². The zero-order valence-electron chi connectivity index (χ0n) is 11.6. The predicted molar refractivity (Wildman–Crippen MR) is 79.1 cm³/mol. The van der Waals surface area contributed by atoms with Crippen molar-refractivity contribution in [2.75, 3.05) is 32.0 Å². The number of hydrogen-bond donors (Lipinski definition) is 2. The lowest BCUT2D eigenvalue weighted by atomic mass is 10.1. The highest BCUT2D eigenvalue weighted by atomic mass is 15.1. The second-order valence-electron chi connectivity index (χ2n) is 4.34. The van der Waals surface area contributed by atoms with Crippen LogP contribution in [0.5, 0.6) is 0 Å². The highest BCUT2D eigenvalue weighted by Gasteiger charge is 1.96. The lowest BCUT2D eigenvalue weighted by Crippen LogP contribution is -2.26. The predicted octanol–water partition coefficient (Wildman–Crippen LogP) is 1.93. The van der Waals surface area contributed by atoms with E-state index in [2.05, 4.69) is 48.2 Å². The Kier molecular flexibility index (Phi) is 6.22. The minimum absolute atomic E-state index is 0.476. The molecule has 1 aromatic rings. The summed E-state index contributed by atoms with van der Waals surface area (Å²) in [7, 11) is 2.07. The number of aliphatic imine (C=N–C) groups is 1. The molecule has 0 bridgehead atoms. The zero-order valence-corrected chi connectivity index (χ0v) is 11.6. The van der Waals surface area contributed by atoms with Crippen LogP contribution in [0.15, 0.2) is 29.3 Å². The van der Waals surface area contributed by atoms with E-state index in [4.69, 9.17) is 5.73 Å². The van der Waals surface area contributed by atoms with E-state index in [1.807, 2.05) is 12.1 Å². The van der Waals surface area contributed by atoms with Gasteiger partial charge in [0, 0.05) is 12.2 Å². The topological polar surface area (TPSA) is 53.6 Å². The molecular weight excluding hydrogens is 224 g/mol. The maximum atomic E-state index is 5.82. The van der Waals surface area contributed by atoms with Gasteiger partial charge in [-0.25, -0.2) is 0 Å². The third kappa shape index (κ3) is 5.19. The molecule has 0 aromatic heterocycles. The van der Waals surface area contributed by atoms with Crippen LogP contribution in [0, 0.1) is 0 Å². The monoisotopic (exact) mass is 248 g/mol. The summed E-state index contributed by atoms with van der Waals surface area (Å²) in [6, 6.07) is 8.25. The Morgan fingerprint density at radius 1 is 1.28 bits per heavy atom. The number of anilines is 1. The molecule has 0 amide bonds. The number of nitrogens with zero attached hydrogens (tertiary/aromatic N) is 2. The summed E-state index contributed by atoms with van der Waals surface area (Å²) in [5.74, 6) is 0.476. The van der Waals surface area contributed by atoms with Crippen LogP contribution >= 0.6 is 0 Å². The van der Waals surface area contributed by atoms with Crippen LogP contribution < -0.4 is 11.1 Å². The van der Waals surface area contributed by atoms with Crippen molar-refractivity contribution in [1.82, 2.24) is 4.90 Å². The van der Waals surface area contributed by atoms with E-state index in [0.717, 1.165) is 31.7 Å². The summed E-state index contributed by atoms with van der Waals surface area (Å²) in [6.45, 7) is 6.94. The molecule has 0 radical (unpaired) electrons. The molecule has 4 nitrogen and oxygen atoms in total. The summed E-state index contributed by atoms with van der Waals surface area (Å²) in [6.07, 6.45) is 1.05. The van der Waals surface area contributed by atoms with Crippen LogP contribution in [0.3, 0.4) is 0 Å². The average Bonchev–Trinajstić information content (AvgIpc) is 2.39. The molecule has 0 heterocycles. The highest BCUT2D eigenvalue weighted by molar-refractivity contribution is 5.92. The molecule has 0 saturated heterocycles. The molecule has 1 aromatic carbocycles. The van der Waals surface area contributed by atoms with Gasteiger partial charge in [0.25, 0.3) is 0 Å². The molecule has 4 heteroatoms. The Bertz CT molecular complexity index is 370. The van der Waals surface area contributed by atoms with Crippen LogP contribution in [0.4, 0.5) is 5.69 Å². The van der Waals surface area contributed by atoms with Gasteiger partial charge < -0.3 is 16.0 Å². The number of aryl methyl sites for hydroxylation is 1. The standard InChI is InChI=1S/C14H24N4/c1-4-12-6-8-13(9-7-12)17-14(15)16-10-11-18(3)5-2/h6-9H,4-5,10-11H2,1-3H3,(H3,15,16,17). The van der Waals surface area contributed by atoms with Crippen molar-refractivity contribution >= 4 is 11.6 Å². The lowest BCUT2D eigenvalue weighted by molar-refractivity contribution is 0.363. The molecule has 0 spiro atoms. The number of benzene rings is 1. The van der Waals surface area contributed by atoms with Crippen LogP contribution in [0.2, 0.25) is 0 Å². The first-order chi connectivity index (χ1) is 8.65.